The van der Waals surface area contributed by atoms with Gasteiger partial charge in [-0.15, -0.1) is 0 Å². The lowest BCUT2D eigenvalue weighted by Crippen LogP contribution is -2.19. The molecule has 0 aliphatic carbocycles. The van der Waals surface area contributed by atoms with Crippen molar-refractivity contribution in [2.75, 3.05) is 0 Å². The predicted octanol–water partition coefficient (Wildman–Crippen LogP) is 3.12. The molecule has 1 saturated heterocycles. The van der Waals surface area contributed by atoms with Gasteiger partial charge in [0.25, 0.3) is 0 Å². The van der Waals surface area contributed by atoms with Gasteiger partial charge in [-0.2, -0.15) is 0 Å². The van der Waals surface area contributed by atoms with E-state index in [2.05, 4.69) is 35.7 Å². The Morgan fingerprint density at radius 1 is 1.12 bits per heavy atom. The number of nitrogens with zero attached hydrogens (tertiary/aromatic N) is 1. The molecule has 2 atom stereocenters. The van der Waals surface area contributed by atoms with Crippen LogP contribution in [0.25, 0.3) is 0 Å². The molecule has 1 aliphatic rings. The molecule has 0 aromatic heterocycles. The molecule has 0 radical (unpaired) electrons. The summed E-state index contributed by atoms with van der Waals surface area (Å²) >= 11 is 0. The Labute approximate surface area is 102 Å². The molecule has 1 fully saturated rings. The van der Waals surface area contributed by atoms with E-state index in [1.165, 1.54) is 5.56 Å². The van der Waals surface area contributed by atoms with E-state index in [1.807, 2.05) is 16.7 Å². The van der Waals surface area contributed by atoms with Crippen LogP contribution in [-0.4, -0.2) is 4.60 Å². The number of rotatable bonds is 3. The molecule has 1 aliphatic heterocycles. The molecule has 88 valence electrons. The first kappa shape index (κ1) is 12.6. The highest BCUT2D eigenvalue weighted by Gasteiger charge is 2.11. The van der Waals surface area contributed by atoms with Gasteiger partial charge in [0.2, 0.25) is 0 Å². The van der Waals surface area contributed by atoms with Crippen LogP contribution in [0.2, 0.25) is 0 Å². The molecule has 2 unspecified atom stereocenters. The van der Waals surface area contributed by atoms with Gasteiger partial charge in [0.1, 0.15) is 5.75 Å². The molecule has 1 heterocycles. The minimum absolute atomic E-state index is 0.534. The monoisotopic (exact) mass is 275 g/mol. The summed E-state index contributed by atoms with van der Waals surface area (Å²) in [6.45, 7) is 4.38. The van der Waals surface area contributed by atoms with Gasteiger partial charge in [0, 0.05) is 8.88 Å². The first-order valence-corrected chi connectivity index (χ1v) is 7.99. The van der Waals surface area contributed by atoms with Crippen molar-refractivity contribution in [1.29, 1.82) is 0 Å². The van der Waals surface area contributed by atoms with Crippen LogP contribution < -0.4 is 14.6 Å². The zero-order chi connectivity index (χ0) is 11.4. The lowest BCUT2D eigenvalue weighted by atomic mass is 10.0. The van der Waals surface area contributed by atoms with Crippen molar-refractivity contribution in [3.05, 3.63) is 29.8 Å². The van der Waals surface area contributed by atoms with E-state index in [-0.39, 0.29) is 0 Å². The van der Waals surface area contributed by atoms with Gasteiger partial charge in [-0.05, 0) is 23.6 Å². The summed E-state index contributed by atoms with van der Waals surface area (Å²) in [5, 5.41) is 0. The Morgan fingerprint density at radius 3 is 2.31 bits per heavy atom. The van der Waals surface area contributed by atoms with E-state index < -0.39 is 0 Å². The summed E-state index contributed by atoms with van der Waals surface area (Å²) < 4.78 is 1.92. The summed E-state index contributed by atoms with van der Waals surface area (Å²) in [6, 6.07) is 8.31. The standard InChI is InChI=1S/C9H16N3OP3/c1-7(2)8-3-5-9(6-4-8)13-12-15-10-14-11-16-12/h3-7,10-11,14-16H,1-2H3. The summed E-state index contributed by atoms with van der Waals surface area (Å²) in [4.78, 5) is 12.2. The largest absolute Gasteiger partial charge is 0.397 e. The highest BCUT2D eigenvalue weighted by molar-refractivity contribution is 7.65. The Balaban J connectivity index is 1.93. The molecule has 1 aromatic carbocycles. The normalized spacial score (nSPS) is 22.2. The second-order valence-electron chi connectivity index (χ2n) is 3.71. The van der Waals surface area contributed by atoms with E-state index in [0.29, 0.717) is 32.6 Å². The molecule has 0 bridgehead atoms. The molecule has 0 spiro atoms. The van der Waals surface area contributed by atoms with Crippen LogP contribution in [-0.2, 0) is 0 Å². The van der Waals surface area contributed by atoms with Crippen molar-refractivity contribution in [3.63, 3.8) is 0 Å². The Hall–Kier alpha value is 0.190. The minimum atomic E-state index is 0.534. The zero-order valence-corrected chi connectivity index (χ0v) is 12.2. The molecule has 2 rings (SSSR count). The van der Waals surface area contributed by atoms with Crippen LogP contribution in [0.15, 0.2) is 24.3 Å². The smallest absolute Gasteiger partial charge is 0.148 e. The van der Waals surface area contributed by atoms with Gasteiger partial charge in [-0.3, -0.25) is 9.72 Å². The summed E-state index contributed by atoms with van der Waals surface area (Å²) in [6.07, 6.45) is 0. The van der Waals surface area contributed by atoms with E-state index >= 15 is 0 Å². The average molecular weight is 275 g/mol. The van der Waals surface area contributed by atoms with E-state index in [9.17, 15) is 0 Å². The number of hydrogen-bond acceptors (Lipinski definition) is 4. The van der Waals surface area contributed by atoms with Crippen LogP contribution >= 0.6 is 26.6 Å². The summed E-state index contributed by atoms with van der Waals surface area (Å²) in [7, 11) is 1.71. The highest BCUT2D eigenvalue weighted by atomic mass is 31.2. The van der Waals surface area contributed by atoms with Crippen LogP contribution in [0.4, 0.5) is 0 Å². The molecular formula is C9H16N3OP3. The summed E-state index contributed by atoms with van der Waals surface area (Å²) in [5.74, 6) is 1.47. The lowest BCUT2D eigenvalue weighted by molar-refractivity contribution is 0.146. The quantitative estimate of drug-likeness (QED) is 0.831. The fourth-order valence-electron chi connectivity index (χ4n) is 1.28. The van der Waals surface area contributed by atoms with Crippen LogP contribution in [0.5, 0.6) is 5.75 Å². The maximum Gasteiger partial charge on any atom is 0.148 e. The van der Waals surface area contributed by atoms with Gasteiger partial charge in [-0.1, -0.05) is 30.6 Å². The fourth-order valence-corrected chi connectivity index (χ4v) is 4.89. The SMILES string of the molecule is CC(C)c1ccc(ON2PNPNP2)cc1. The van der Waals surface area contributed by atoms with Crippen molar-refractivity contribution < 1.29 is 4.84 Å². The predicted molar refractivity (Wildman–Crippen MR) is 74.2 cm³/mol. The van der Waals surface area contributed by atoms with Crippen molar-refractivity contribution >= 4 is 26.6 Å². The third-order valence-corrected chi connectivity index (χ3v) is 5.34. The zero-order valence-electron chi connectivity index (χ0n) is 9.24. The lowest BCUT2D eigenvalue weighted by Gasteiger charge is -2.26. The van der Waals surface area contributed by atoms with Gasteiger partial charge < -0.3 is 4.84 Å². The topological polar surface area (TPSA) is 36.5 Å². The highest BCUT2D eigenvalue weighted by Crippen LogP contribution is 2.38. The van der Waals surface area contributed by atoms with E-state index in [0.717, 1.165) is 5.75 Å². The molecule has 0 saturated carbocycles. The van der Waals surface area contributed by atoms with E-state index in [4.69, 9.17) is 4.84 Å². The number of nitrogens with one attached hydrogen (secondary N) is 2. The molecule has 2 N–H and O–H groups in total. The summed E-state index contributed by atoms with van der Waals surface area (Å²) in [5.41, 5.74) is 1.34. The maximum atomic E-state index is 5.73. The Bertz CT molecular complexity index is 327. The van der Waals surface area contributed by atoms with Gasteiger partial charge in [0.05, 0.1) is 17.8 Å². The average Bonchev–Trinajstić information content (AvgIpc) is 2.31. The Kier molecular flexibility index (Phi) is 4.91. The first-order valence-electron chi connectivity index (χ1n) is 5.10. The second-order valence-corrected chi connectivity index (χ2v) is 7.66. The maximum absolute atomic E-state index is 5.73. The Morgan fingerprint density at radius 2 is 1.75 bits per heavy atom. The van der Waals surface area contributed by atoms with Crippen LogP contribution in [0.1, 0.15) is 25.3 Å². The molecule has 1 aromatic rings. The van der Waals surface area contributed by atoms with Crippen LogP contribution in [0, 0.1) is 0 Å². The van der Waals surface area contributed by atoms with Crippen LogP contribution in [0.3, 0.4) is 0 Å². The third-order valence-electron chi connectivity index (χ3n) is 2.18. The number of hydrogen-bond donors (Lipinski definition) is 2. The van der Waals surface area contributed by atoms with Gasteiger partial charge in [-0.25, -0.2) is 0 Å². The second kappa shape index (κ2) is 6.21. The van der Waals surface area contributed by atoms with Gasteiger partial charge in [0.15, 0.2) is 0 Å². The number of benzene rings is 1. The van der Waals surface area contributed by atoms with Crippen molar-refractivity contribution in [1.82, 2.24) is 14.3 Å². The third kappa shape index (κ3) is 3.60. The first-order chi connectivity index (χ1) is 7.75. The molecule has 7 heteroatoms. The van der Waals surface area contributed by atoms with Crippen molar-refractivity contribution in [3.8, 4) is 5.75 Å². The fraction of sp³-hybridized carbons (Fsp3) is 0.333. The molecule has 16 heavy (non-hydrogen) atoms. The van der Waals surface area contributed by atoms with Crippen molar-refractivity contribution in [2.45, 2.75) is 19.8 Å². The van der Waals surface area contributed by atoms with Gasteiger partial charge >= 0.3 is 0 Å². The molecule has 4 nitrogen and oxygen atoms in total. The molecule has 0 amide bonds. The molecular weight excluding hydrogens is 259 g/mol. The van der Waals surface area contributed by atoms with E-state index in [1.54, 1.807) is 0 Å². The van der Waals surface area contributed by atoms with Crippen molar-refractivity contribution in [2.24, 2.45) is 0 Å². The minimum Gasteiger partial charge on any atom is -0.397 e.